The van der Waals surface area contributed by atoms with Crippen molar-refractivity contribution in [3.63, 3.8) is 0 Å². The maximum atomic E-state index is 10.4. The minimum absolute atomic E-state index is 0. The summed E-state index contributed by atoms with van der Waals surface area (Å²) in [6, 6.07) is 5.51. The van der Waals surface area contributed by atoms with E-state index in [1.807, 2.05) is 32.9 Å². The molecule has 0 unspecified atom stereocenters. The van der Waals surface area contributed by atoms with Crippen molar-refractivity contribution in [2.45, 2.75) is 26.2 Å². The molecule has 1 rings (SSSR count). The van der Waals surface area contributed by atoms with Gasteiger partial charge in [-0.05, 0) is 23.6 Å². The molecular formula is C12H14BrKO3. The third-order valence-corrected chi connectivity index (χ3v) is 2.59. The van der Waals surface area contributed by atoms with Gasteiger partial charge < -0.3 is 14.6 Å². The summed E-state index contributed by atoms with van der Waals surface area (Å²) in [5.41, 5.74) is 0.855. The van der Waals surface area contributed by atoms with Gasteiger partial charge in [0.15, 0.2) is 0 Å². The van der Waals surface area contributed by atoms with E-state index in [0.29, 0.717) is 5.75 Å². The van der Waals surface area contributed by atoms with E-state index in [9.17, 15) is 9.90 Å². The molecule has 0 bridgehead atoms. The Kier molecular flexibility index (Phi) is 7.52. The fourth-order valence-corrected chi connectivity index (χ4v) is 1.71. The summed E-state index contributed by atoms with van der Waals surface area (Å²) in [6.45, 7) is 5.70. The minimum atomic E-state index is -1.22. The second-order valence-corrected chi connectivity index (χ2v) is 5.47. The van der Waals surface area contributed by atoms with Crippen LogP contribution in [0.25, 0.3) is 0 Å². The van der Waals surface area contributed by atoms with Crippen LogP contribution in [-0.4, -0.2) is 12.6 Å². The first-order valence-electron chi connectivity index (χ1n) is 4.93. The van der Waals surface area contributed by atoms with Gasteiger partial charge in [-0.3, -0.25) is 0 Å². The van der Waals surface area contributed by atoms with Crippen LogP contribution in [0.4, 0.5) is 0 Å². The first-order chi connectivity index (χ1) is 7.30. The van der Waals surface area contributed by atoms with Crippen LogP contribution < -0.4 is 61.2 Å². The van der Waals surface area contributed by atoms with E-state index in [1.54, 1.807) is 6.07 Å². The van der Waals surface area contributed by atoms with Crippen LogP contribution in [0.1, 0.15) is 26.3 Å². The quantitative estimate of drug-likeness (QED) is 0.662. The van der Waals surface area contributed by atoms with Gasteiger partial charge in [0, 0.05) is 10.0 Å². The van der Waals surface area contributed by atoms with Gasteiger partial charge in [0.25, 0.3) is 0 Å². The number of carboxylic acid groups (broad SMARTS) is 1. The smallest absolute Gasteiger partial charge is 0.546 e. The van der Waals surface area contributed by atoms with E-state index in [-0.39, 0.29) is 56.8 Å². The molecule has 0 N–H and O–H groups in total. The molecule has 0 heterocycles. The Morgan fingerprint density at radius 2 is 2.00 bits per heavy atom. The van der Waals surface area contributed by atoms with Crippen LogP contribution in [0.15, 0.2) is 22.7 Å². The number of benzene rings is 1. The summed E-state index contributed by atoms with van der Waals surface area (Å²) in [5, 5.41) is 10.4. The third kappa shape index (κ3) is 5.85. The summed E-state index contributed by atoms with van der Waals surface area (Å²) < 4.78 is 6.14. The number of hydrogen-bond acceptors (Lipinski definition) is 3. The summed E-state index contributed by atoms with van der Waals surface area (Å²) in [4.78, 5) is 10.4. The maximum Gasteiger partial charge on any atom is 1.00 e. The fraction of sp³-hybridized carbons (Fsp3) is 0.417. The van der Waals surface area contributed by atoms with Gasteiger partial charge in [-0.25, -0.2) is 0 Å². The van der Waals surface area contributed by atoms with E-state index in [0.717, 1.165) is 10.0 Å². The van der Waals surface area contributed by atoms with Crippen LogP contribution in [0.3, 0.4) is 0 Å². The van der Waals surface area contributed by atoms with E-state index in [4.69, 9.17) is 4.74 Å². The molecular weight excluding hydrogens is 311 g/mol. The molecule has 0 radical (unpaired) electrons. The Hall–Kier alpha value is 0.606. The van der Waals surface area contributed by atoms with Crippen LogP contribution in [0.5, 0.6) is 5.75 Å². The van der Waals surface area contributed by atoms with Crippen LogP contribution >= 0.6 is 15.9 Å². The van der Waals surface area contributed by atoms with Crippen molar-refractivity contribution in [2.75, 3.05) is 6.61 Å². The van der Waals surface area contributed by atoms with Crippen molar-refractivity contribution in [1.82, 2.24) is 0 Å². The fourth-order valence-electron chi connectivity index (χ4n) is 1.35. The number of aliphatic carboxylic acids is 1. The molecule has 0 aromatic heterocycles. The Balaban J connectivity index is 0.00000256. The molecule has 5 heteroatoms. The summed E-state index contributed by atoms with van der Waals surface area (Å²) in [6.07, 6.45) is 0. The number of rotatable bonds is 3. The normalized spacial score (nSPS) is 10.6. The van der Waals surface area contributed by atoms with Crippen molar-refractivity contribution in [3.8, 4) is 5.75 Å². The predicted octanol–water partition coefficient (Wildman–Crippen LogP) is -1.12. The van der Waals surface area contributed by atoms with Gasteiger partial charge in [-0.15, -0.1) is 0 Å². The van der Waals surface area contributed by atoms with Crippen LogP contribution in [0, 0.1) is 0 Å². The maximum absolute atomic E-state index is 10.4. The largest absolute Gasteiger partial charge is 1.00 e. The standard InChI is InChI=1S/C12H15BrO3.K/c1-12(2,3)9-6-8(13)4-5-10(9)16-7-11(14)15;/h4-6H,7H2,1-3H3,(H,14,15);/q;+1/p-1. The van der Waals surface area contributed by atoms with Gasteiger partial charge in [-0.1, -0.05) is 36.7 Å². The molecule has 0 aliphatic carbocycles. The number of hydrogen-bond donors (Lipinski definition) is 0. The molecule has 1 aromatic rings. The molecule has 88 valence electrons. The van der Waals surface area contributed by atoms with E-state index < -0.39 is 12.6 Å². The van der Waals surface area contributed by atoms with Gasteiger partial charge in [0.2, 0.25) is 0 Å². The van der Waals surface area contributed by atoms with Crippen molar-refractivity contribution in [2.24, 2.45) is 0 Å². The number of ether oxygens (including phenoxy) is 1. The SMILES string of the molecule is CC(C)(C)c1cc(Br)ccc1OCC(=O)[O-].[K+]. The molecule has 0 aliphatic heterocycles. The molecule has 0 aliphatic rings. The monoisotopic (exact) mass is 324 g/mol. The summed E-state index contributed by atoms with van der Waals surface area (Å²) in [5.74, 6) is -0.636. The number of carbonyl (C=O) groups excluding carboxylic acids is 1. The molecule has 0 atom stereocenters. The molecule has 0 spiro atoms. The zero-order valence-corrected chi connectivity index (χ0v) is 15.3. The first-order valence-corrected chi connectivity index (χ1v) is 5.72. The Morgan fingerprint density at radius 3 is 2.47 bits per heavy atom. The number of carboxylic acids is 1. The predicted molar refractivity (Wildman–Crippen MR) is 63.3 cm³/mol. The zero-order chi connectivity index (χ0) is 12.3. The zero-order valence-electron chi connectivity index (χ0n) is 10.5. The molecule has 0 saturated heterocycles. The van der Waals surface area contributed by atoms with Crippen molar-refractivity contribution < 1.29 is 66.0 Å². The van der Waals surface area contributed by atoms with E-state index in [2.05, 4.69) is 15.9 Å². The second-order valence-electron chi connectivity index (χ2n) is 4.55. The van der Waals surface area contributed by atoms with Gasteiger partial charge in [0.05, 0.1) is 5.97 Å². The molecule has 3 nitrogen and oxygen atoms in total. The Bertz CT molecular complexity index is 399. The number of carbonyl (C=O) groups is 1. The van der Waals surface area contributed by atoms with E-state index in [1.165, 1.54) is 0 Å². The molecule has 1 aromatic carbocycles. The average molecular weight is 325 g/mol. The van der Waals surface area contributed by atoms with Crippen molar-refractivity contribution >= 4 is 21.9 Å². The first kappa shape index (κ1) is 17.6. The molecule has 0 amide bonds. The number of halogens is 1. The van der Waals surface area contributed by atoms with E-state index >= 15 is 0 Å². The van der Waals surface area contributed by atoms with Gasteiger partial charge in [0.1, 0.15) is 12.4 Å². The molecule has 17 heavy (non-hydrogen) atoms. The molecule has 0 fully saturated rings. The second kappa shape index (κ2) is 7.26. The Morgan fingerprint density at radius 1 is 1.41 bits per heavy atom. The van der Waals surface area contributed by atoms with Crippen molar-refractivity contribution in [1.29, 1.82) is 0 Å². The van der Waals surface area contributed by atoms with Crippen molar-refractivity contribution in [3.05, 3.63) is 28.2 Å². The van der Waals surface area contributed by atoms with Gasteiger partial charge in [-0.2, -0.15) is 0 Å². The average Bonchev–Trinajstić information content (AvgIpc) is 2.14. The third-order valence-electron chi connectivity index (χ3n) is 2.10. The summed E-state index contributed by atoms with van der Waals surface area (Å²) in [7, 11) is 0. The topological polar surface area (TPSA) is 49.4 Å². The van der Waals surface area contributed by atoms with Crippen LogP contribution in [-0.2, 0) is 10.2 Å². The van der Waals surface area contributed by atoms with Crippen LogP contribution in [0.2, 0.25) is 0 Å². The minimum Gasteiger partial charge on any atom is -0.546 e. The molecule has 0 saturated carbocycles. The van der Waals surface area contributed by atoms with Gasteiger partial charge >= 0.3 is 51.4 Å². The Labute approximate surface area is 152 Å². The summed E-state index contributed by atoms with van der Waals surface area (Å²) >= 11 is 3.38.